The van der Waals surface area contributed by atoms with Crippen LogP contribution in [-0.4, -0.2) is 69.9 Å². The van der Waals surface area contributed by atoms with Crippen molar-refractivity contribution in [2.75, 3.05) is 57.6 Å². The molecule has 1 heterocycles. The van der Waals surface area contributed by atoms with Crippen LogP contribution in [0, 0.1) is 6.92 Å². The molecule has 1 aromatic rings. The molecule has 0 saturated carbocycles. The lowest BCUT2D eigenvalue weighted by Crippen LogP contribution is -2.41. The summed E-state index contributed by atoms with van der Waals surface area (Å²) in [5.74, 6) is -0.107. The van der Waals surface area contributed by atoms with Gasteiger partial charge in [0.05, 0.1) is 32.5 Å². The summed E-state index contributed by atoms with van der Waals surface area (Å²) in [6, 6.07) is 5.04. The van der Waals surface area contributed by atoms with Gasteiger partial charge in [0.25, 0.3) is 0 Å². The molecule has 0 bridgehead atoms. The summed E-state index contributed by atoms with van der Waals surface area (Å²) < 4.78 is 10.8. The summed E-state index contributed by atoms with van der Waals surface area (Å²) >= 11 is 0. The van der Waals surface area contributed by atoms with Gasteiger partial charge in [-0.3, -0.25) is 4.79 Å². The zero-order chi connectivity index (χ0) is 18.2. The smallest absolute Gasteiger partial charge is 0.319 e. The Bertz CT molecular complexity index is 600. The van der Waals surface area contributed by atoms with Gasteiger partial charge in [0.15, 0.2) is 0 Å². The number of ether oxygens (including phenoxy) is 2. The van der Waals surface area contributed by atoms with Crippen molar-refractivity contribution in [3.05, 3.63) is 23.8 Å². The second-order valence-corrected chi connectivity index (χ2v) is 6.22. The molecule has 138 valence electrons. The van der Waals surface area contributed by atoms with E-state index in [1.807, 2.05) is 27.1 Å². The van der Waals surface area contributed by atoms with E-state index < -0.39 is 0 Å². The van der Waals surface area contributed by atoms with Crippen molar-refractivity contribution in [2.45, 2.75) is 13.0 Å². The van der Waals surface area contributed by atoms with E-state index in [1.165, 1.54) is 0 Å². The molecule has 0 spiro atoms. The van der Waals surface area contributed by atoms with Gasteiger partial charge in [0, 0.05) is 17.9 Å². The number of nitrogens with one attached hydrogen (secondary N) is 3. The number of hydrogen-bond acceptors (Lipinski definition) is 5. The fraction of sp³-hybridized carbons (Fsp3) is 0.529. The molecule has 25 heavy (non-hydrogen) atoms. The number of hydrogen-bond donors (Lipinski definition) is 3. The summed E-state index contributed by atoms with van der Waals surface area (Å²) in [6.45, 7) is 4.18. The zero-order valence-corrected chi connectivity index (χ0v) is 14.9. The fourth-order valence-corrected chi connectivity index (χ4v) is 2.35. The summed E-state index contributed by atoms with van der Waals surface area (Å²) in [4.78, 5) is 25.7. The molecule has 8 heteroatoms. The molecule has 8 nitrogen and oxygen atoms in total. The lowest BCUT2D eigenvalue weighted by Gasteiger charge is -2.23. The third kappa shape index (κ3) is 6.69. The number of amides is 3. The molecule has 1 aliphatic rings. The minimum absolute atomic E-state index is 0.107. The molecule has 1 atom stereocenters. The second-order valence-electron chi connectivity index (χ2n) is 6.22. The third-order valence-corrected chi connectivity index (χ3v) is 3.60. The molecule has 0 aliphatic carbocycles. The third-order valence-electron chi connectivity index (χ3n) is 3.60. The van der Waals surface area contributed by atoms with Gasteiger partial charge in [-0.2, -0.15) is 0 Å². The van der Waals surface area contributed by atoms with E-state index >= 15 is 0 Å². The molecule has 0 unspecified atom stereocenters. The maximum atomic E-state index is 12.0. The quantitative estimate of drug-likeness (QED) is 0.713. The molecular formula is C17H26N4O4. The topological polar surface area (TPSA) is 91.9 Å². The normalized spacial score (nSPS) is 17.2. The van der Waals surface area contributed by atoms with E-state index in [4.69, 9.17) is 9.47 Å². The Morgan fingerprint density at radius 3 is 2.72 bits per heavy atom. The zero-order valence-electron chi connectivity index (χ0n) is 14.9. The summed E-state index contributed by atoms with van der Waals surface area (Å²) in [5, 5.41) is 8.36. The number of aryl methyl sites for hydroxylation is 1. The Hall–Kier alpha value is -2.16. The molecular weight excluding hydrogens is 324 g/mol. The lowest BCUT2D eigenvalue weighted by molar-refractivity contribution is -0.116. The Morgan fingerprint density at radius 2 is 2.04 bits per heavy atom. The Morgan fingerprint density at radius 1 is 1.24 bits per heavy atom. The van der Waals surface area contributed by atoms with Crippen molar-refractivity contribution in [1.82, 2.24) is 10.2 Å². The maximum Gasteiger partial charge on any atom is 0.319 e. The van der Waals surface area contributed by atoms with Gasteiger partial charge < -0.3 is 30.3 Å². The number of carbonyl (C=O) groups is 2. The van der Waals surface area contributed by atoms with Crippen LogP contribution in [0.4, 0.5) is 16.2 Å². The first-order valence-corrected chi connectivity index (χ1v) is 8.23. The van der Waals surface area contributed by atoms with Crippen molar-refractivity contribution in [3.63, 3.8) is 0 Å². The molecule has 0 radical (unpaired) electrons. The SMILES string of the molecule is Cc1ccc(NC(=O)NC[C@H]2COCCO2)cc1NC(=O)CN(C)C. The first kappa shape index (κ1) is 19.2. The number of urea groups is 1. The van der Waals surface area contributed by atoms with Crippen molar-refractivity contribution < 1.29 is 19.1 Å². The average molecular weight is 350 g/mol. The monoisotopic (exact) mass is 350 g/mol. The Kier molecular flexibility index (Phi) is 7.17. The molecule has 1 fully saturated rings. The first-order valence-electron chi connectivity index (χ1n) is 8.23. The predicted molar refractivity (Wildman–Crippen MR) is 95.9 cm³/mol. The van der Waals surface area contributed by atoms with Crippen molar-refractivity contribution >= 4 is 23.3 Å². The van der Waals surface area contributed by atoms with Crippen LogP contribution in [0.2, 0.25) is 0 Å². The number of benzene rings is 1. The van der Waals surface area contributed by atoms with Crippen molar-refractivity contribution in [1.29, 1.82) is 0 Å². The van der Waals surface area contributed by atoms with Crippen LogP contribution in [-0.2, 0) is 14.3 Å². The molecule has 1 aliphatic heterocycles. The fourth-order valence-electron chi connectivity index (χ4n) is 2.35. The number of likely N-dealkylation sites (N-methyl/N-ethyl adjacent to an activating group) is 1. The number of carbonyl (C=O) groups excluding carboxylic acids is 2. The van der Waals surface area contributed by atoms with Crippen molar-refractivity contribution in [3.8, 4) is 0 Å². The summed E-state index contributed by atoms with van der Waals surface area (Å²) in [7, 11) is 3.66. The lowest BCUT2D eigenvalue weighted by atomic mass is 10.1. The van der Waals surface area contributed by atoms with Crippen LogP contribution in [0.3, 0.4) is 0 Å². The highest BCUT2D eigenvalue weighted by Gasteiger charge is 2.15. The predicted octanol–water partition coefficient (Wildman–Crippen LogP) is 1.03. The molecule has 1 aromatic carbocycles. The van der Waals surface area contributed by atoms with E-state index in [9.17, 15) is 9.59 Å². The average Bonchev–Trinajstić information content (AvgIpc) is 2.56. The molecule has 1 saturated heterocycles. The summed E-state index contributed by atoms with van der Waals surface area (Å²) in [6.07, 6.45) is -0.126. The molecule has 2 rings (SSSR count). The Balaban J connectivity index is 1.87. The van der Waals surface area contributed by atoms with Gasteiger partial charge in [0.2, 0.25) is 5.91 Å². The van der Waals surface area contributed by atoms with Gasteiger partial charge in [-0.05, 0) is 38.7 Å². The van der Waals surface area contributed by atoms with Crippen LogP contribution in [0.1, 0.15) is 5.56 Å². The molecule has 3 amide bonds. The number of anilines is 2. The number of rotatable bonds is 6. The second kappa shape index (κ2) is 9.36. The minimum atomic E-state index is -0.330. The molecule has 0 aromatic heterocycles. The minimum Gasteiger partial charge on any atom is -0.376 e. The maximum absolute atomic E-state index is 12.0. The summed E-state index contributed by atoms with van der Waals surface area (Å²) in [5.41, 5.74) is 2.20. The van der Waals surface area contributed by atoms with Crippen LogP contribution in [0.15, 0.2) is 18.2 Å². The van der Waals surface area contributed by atoms with Crippen LogP contribution in [0.5, 0.6) is 0 Å². The van der Waals surface area contributed by atoms with E-state index in [0.29, 0.717) is 44.3 Å². The van der Waals surface area contributed by atoms with Crippen molar-refractivity contribution in [2.24, 2.45) is 0 Å². The van der Waals surface area contributed by atoms with Gasteiger partial charge in [-0.1, -0.05) is 6.07 Å². The van der Waals surface area contributed by atoms with Gasteiger partial charge in [0.1, 0.15) is 0 Å². The van der Waals surface area contributed by atoms with Crippen LogP contribution >= 0.6 is 0 Å². The van der Waals surface area contributed by atoms with Crippen LogP contribution in [0.25, 0.3) is 0 Å². The first-order chi connectivity index (χ1) is 11.9. The van der Waals surface area contributed by atoms with Crippen LogP contribution < -0.4 is 16.0 Å². The van der Waals surface area contributed by atoms with E-state index in [2.05, 4.69) is 16.0 Å². The highest BCUT2D eigenvalue weighted by molar-refractivity contribution is 5.95. The van der Waals surface area contributed by atoms with E-state index in [1.54, 1.807) is 17.0 Å². The standard InChI is InChI=1S/C17H26N4O4/c1-12-4-5-13(8-15(12)20-16(22)10-21(2)3)19-17(23)18-9-14-11-24-6-7-25-14/h4-5,8,14H,6-7,9-11H2,1-3H3,(H,20,22)(H2,18,19,23)/t14-/m0/s1. The number of nitrogens with zero attached hydrogens (tertiary/aromatic N) is 1. The Labute approximate surface area is 147 Å². The van der Waals surface area contributed by atoms with Gasteiger partial charge in [-0.15, -0.1) is 0 Å². The largest absolute Gasteiger partial charge is 0.376 e. The van der Waals surface area contributed by atoms with E-state index in [-0.39, 0.29) is 18.0 Å². The van der Waals surface area contributed by atoms with E-state index in [0.717, 1.165) is 5.56 Å². The van der Waals surface area contributed by atoms with Gasteiger partial charge in [-0.25, -0.2) is 4.79 Å². The highest BCUT2D eigenvalue weighted by atomic mass is 16.6. The van der Waals surface area contributed by atoms with Gasteiger partial charge >= 0.3 is 6.03 Å². The highest BCUT2D eigenvalue weighted by Crippen LogP contribution is 2.20. The molecule has 3 N–H and O–H groups in total.